The monoisotopic (exact) mass is 299 g/mol. The van der Waals surface area contributed by atoms with Crippen molar-refractivity contribution in [2.45, 2.75) is 31.8 Å². The molecule has 0 aromatic carbocycles. The van der Waals surface area contributed by atoms with E-state index in [1.807, 2.05) is 6.92 Å². The molecule has 0 saturated carbocycles. The van der Waals surface area contributed by atoms with Gasteiger partial charge in [-0.05, 0) is 6.42 Å². The minimum atomic E-state index is -0.512. The Hall–Kier alpha value is -1.18. The van der Waals surface area contributed by atoms with Gasteiger partial charge in [-0.3, -0.25) is 9.59 Å². The van der Waals surface area contributed by atoms with Crippen LogP contribution in [0.3, 0.4) is 0 Å². The van der Waals surface area contributed by atoms with Gasteiger partial charge >= 0.3 is 0 Å². The van der Waals surface area contributed by atoms with E-state index in [1.54, 1.807) is 4.90 Å². The number of hydrogen-bond donors (Lipinski definition) is 2. The van der Waals surface area contributed by atoms with Gasteiger partial charge in [0.25, 0.3) is 0 Å². The van der Waals surface area contributed by atoms with E-state index in [4.69, 9.17) is 9.47 Å². The van der Waals surface area contributed by atoms with Crippen molar-refractivity contribution in [3.63, 3.8) is 0 Å². The van der Waals surface area contributed by atoms with Gasteiger partial charge in [0.15, 0.2) is 0 Å². The van der Waals surface area contributed by atoms with E-state index >= 15 is 0 Å². The average Bonchev–Trinajstić information content (AvgIpc) is 2.53. The van der Waals surface area contributed by atoms with Crippen molar-refractivity contribution >= 4 is 11.8 Å². The van der Waals surface area contributed by atoms with Gasteiger partial charge in [0.05, 0.1) is 26.4 Å². The molecule has 2 fully saturated rings. The Morgan fingerprint density at radius 2 is 2.10 bits per heavy atom. The standard InChI is InChI=1S/C14H25N3O4/c1-2-3-16-14(19)12-10-21-7-5-17(12)13(18)8-11-9-20-6-4-15-11/h11-12,15H,2-10H2,1H3,(H,16,19). The van der Waals surface area contributed by atoms with Crippen LogP contribution in [-0.2, 0) is 19.1 Å². The van der Waals surface area contributed by atoms with Crippen molar-refractivity contribution in [2.24, 2.45) is 0 Å². The molecule has 21 heavy (non-hydrogen) atoms. The minimum absolute atomic E-state index is 0.0158. The second kappa shape index (κ2) is 8.31. The van der Waals surface area contributed by atoms with Gasteiger partial charge in [0.2, 0.25) is 11.8 Å². The molecule has 2 heterocycles. The third-order valence-electron chi connectivity index (χ3n) is 3.72. The van der Waals surface area contributed by atoms with Crippen molar-refractivity contribution in [3.8, 4) is 0 Å². The van der Waals surface area contributed by atoms with E-state index in [9.17, 15) is 9.59 Å². The Morgan fingerprint density at radius 3 is 2.81 bits per heavy atom. The predicted octanol–water partition coefficient (Wildman–Crippen LogP) is -0.881. The zero-order chi connectivity index (χ0) is 15.1. The summed E-state index contributed by atoms with van der Waals surface area (Å²) in [5.41, 5.74) is 0. The van der Waals surface area contributed by atoms with Crippen LogP contribution < -0.4 is 10.6 Å². The van der Waals surface area contributed by atoms with Crippen molar-refractivity contribution in [1.29, 1.82) is 0 Å². The SMILES string of the molecule is CCCNC(=O)C1COCCN1C(=O)CC1COCCN1. The summed E-state index contributed by atoms with van der Waals surface area (Å²) in [6, 6.07) is -0.476. The molecule has 0 radical (unpaired) electrons. The van der Waals surface area contributed by atoms with Gasteiger partial charge in [-0.25, -0.2) is 0 Å². The molecular formula is C14H25N3O4. The Kier molecular flexibility index (Phi) is 6.41. The molecule has 120 valence electrons. The zero-order valence-corrected chi connectivity index (χ0v) is 12.6. The largest absolute Gasteiger partial charge is 0.378 e. The van der Waals surface area contributed by atoms with Crippen molar-refractivity contribution in [3.05, 3.63) is 0 Å². The number of carbonyl (C=O) groups excluding carboxylic acids is 2. The predicted molar refractivity (Wildman–Crippen MR) is 76.8 cm³/mol. The Labute approximate surface area is 125 Å². The molecule has 2 aliphatic heterocycles. The lowest BCUT2D eigenvalue weighted by molar-refractivity contribution is -0.149. The first kappa shape index (κ1) is 16.2. The molecule has 2 saturated heterocycles. The first-order chi connectivity index (χ1) is 10.2. The maximum Gasteiger partial charge on any atom is 0.245 e. The van der Waals surface area contributed by atoms with Crippen molar-refractivity contribution in [2.75, 3.05) is 46.1 Å². The third-order valence-corrected chi connectivity index (χ3v) is 3.72. The summed E-state index contributed by atoms with van der Waals surface area (Å²) in [6.07, 6.45) is 1.23. The van der Waals surface area contributed by atoms with Crippen LogP contribution >= 0.6 is 0 Å². The lowest BCUT2D eigenvalue weighted by Gasteiger charge is -2.36. The van der Waals surface area contributed by atoms with E-state index in [-0.39, 0.29) is 24.5 Å². The Bertz CT molecular complexity index is 358. The quantitative estimate of drug-likeness (QED) is 0.689. The summed E-state index contributed by atoms with van der Waals surface area (Å²) in [7, 11) is 0. The summed E-state index contributed by atoms with van der Waals surface area (Å²) < 4.78 is 10.7. The molecule has 2 amide bonds. The first-order valence-electron chi connectivity index (χ1n) is 7.68. The molecule has 0 aromatic heterocycles. The molecule has 2 N–H and O–H groups in total. The average molecular weight is 299 g/mol. The molecule has 0 aliphatic carbocycles. The zero-order valence-electron chi connectivity index (χ0n) is 12.6. The third kappa shape index (κ3) is 4.66. The molecule has 0 aromatic rings. The highest BCUT2D eigenvalue weighted by atomic mass is 16.5. The molecule has 0 bridgehead atoms. The van der Waals surface area contributed by atoms with Gasteiger partial charge in [-0.15, -0.1) is 0 Å². The van der Waals surface area contributed by atoms with Crippen LogP contribution in [0.5, 0.6) is 0 Å². The van der Waals surface area contributed by atoms with Crippen LogP contribution in [0.1, 0.15) is 19.8 Å². The van der Waals surface area contributed by atoms with Crippen LogP contribution in [0.4, 0.5) is 0 Å². The van der Waals surface area contributed by atoms with Gasteiger partial charge in [0.1, 0.15) is 6.04 Å². The number of morpholine rings is 2. The maximum atomic E-state index is 12.4. The van der Waals surface area contributed by atoms with E-state index in [0.29, 0.717) is 39.3 Å². The smallest absolute Gasteiger partial charge is 0.245 e. The number of ether oxygens (including phenoxy) is 2. The van der Waals surface area contributed by atoms with E-state index in [2.05, 4.69) is 10.6 Å². The first-order valence-corrected chi connectivity index (χ1v) is 7.68. The normalized spacial score (nSPS) is 26.4. The summed E-state index contributed by atoms with van der Waals surface area (Å²) in [5, 5.41) is 6.10. The highest BCUT2D eigenvalue weighted by Gasteiger charge is 2.33. The number of carbonyl (C=O) groups is 2. The molecule has 2 aliphatic rings. The highest BCUT2D eigenvalue weighted by molar-refractivity contribution is 5.88. The molecule has 7 nitrogen and oxygen atoms in total. The molecule has 2 unspecified atom stereocenters. The van der Waals surface area contributed by atoms with Crippen LogP contribution in [-0.4, -0.2) is 74.9 Å². The Balaban J connectivity index is 1.90. The van der Waals surface area contributed by atoms with Gasteiger partial charge < -0.3 is 25.0 Å². The molecular weight excluding hydrogens is 274 g/mol. The van der Waals surface area contributed by atoms with E-state index in [1.165, 1.54) is 0 Å². The van der Waals surface area contributed by atoms with Crippen LogP contribution in [0.25, 0.3) is 0 Å². The van der Waals surface area contributed by atoms with Crippen LogP contribution in [0, 0.1) is 0 Å². The Morgan fingerprint density at radius 1 is 1.29 bits per heavy atom. The molecule has 2 rings (SSSR count). The lowest BCUT2D eigenvalue weighted by atomic mass is 10.1. The second-order valence-electron chi connectivity index (χ2n) is 5.40. The fraction of sp³-hybridized carbons (Fsp3) is 0.857. The maximum absolute atomic E-state index is 12.4. The lowest BCUT2D eigenvalue weighted by Crippen LogP contribution is -2.57. The van der Waals surface area contributed by atoms with Gasteiger partial charge in [0, 0.05) is 32.1 Å². The molecule has 0 spiro atoms. The number of amides is 2. The molecule has 2 atom stereocenters. The van der Waals surface area contributed by atoms with E-state index in [0.717, 1.165) is 13.0 Å². The van der Waals surface area contributed by atoms with Crippen LogP contribution in [0.15, 0.2) is 0 Å². The van der Waals surface area contributed by atoms with Gasteiger partial charge in [-0.2, -0.15) is 0 Å². The van der Waals surface area contributed by atoms with Crippen molar-refractivity contribution < 1.29 is 19.1 Å². The number of nitrogens with one attached hydrogen (secondary N) is 2. The molecule has 7 heteroatoms. The number of rotatable bonds is 5. The van der Waals surface area contributed by atoms with Crippen LogP contribution in [0.2, 0.25) is 0 Å². The minimum Gasteiger partial charge on any atom is -0.378 e. The number of hydrogen-bond acceptors (Lipinski definition) is 5. The second-order valence-corrected chi connectivity index (χ2v) is 5.40. The fourth-order valence-corrected chi connectivity index (χ4v) is 2.56. The fourth-order valence-electron chi connectivity index (χ4n) is 2.56. The topological polar surface area (TPSA) is 79.9 Å². The summed E-state index contributed by atoms with van der Waals surface area (Å²) in [4.78, 5) is 26.2. The summed E-state index contributed by atoms with van der Waals surface area (Å²) in [5.74, 6) is -0.143. The number of nitrogens with zero attached hydrogens (tertiary/aromatic N) is 1. The van der Waals surface area contributed by atoms with E-state index < -0.39 is 6.04 Å². The highest BCUT2D eigenvalue weighted by Crippen LogP contribution is 2.11. The van der Waals surface area contributed by atoms with Gasteiger partial charge in [-0.1, -0.05) is 6.92 Å². The summed E-state index contributed by atoms with van der Waals surface area (Å²) >= 11 is 0. The summed E-state index contributed by atoms with van der Waals surface area (Å²) in [6.45, 7) is 5.84. The van der Waals surface area contributed by atoms with Crippen molar-refractivity contribution in [1.82, 2.24) is 15.5 Å².